The number of anilines is 1. The average Bonchev–Trinajstić information content (AvgIpc) is 3.10. The molecule has 0 aliphatic heterocycles. The fourth-order valence-corrected chi connectivity index (χ4v) is 2.14. The third-order valence-electron chi connectivity index (χ3n) is 2.52. The monoisotopic (exact) mass is 270 g/mol. The van der Waals surface area contributed by atoms with E-state index < -0.39 is 0 Å². The molecule has 2 aromatic heterocycles. The first-order chi connectivity index (χ1) is 9.33. The number of rotatable bonds is 3. The van der Waals surface area contributed by atoms with Crippen molar-refractivity contribution in [3.63, 3.8) is 0 Å². The maximum atomic E-state index is 12.0. The minimum Gasteiger partial charge on any atom is -0.298 e. The van der Waals surface area contributed by atoms with Crippen LogP contribution in [-0.2, 0) is 0 Å². The van der Waals surface area contributed by atoms with Crippen LogP contribution in [0, 0.1) is 0 Å². The third kappa shape index (κ3) is 2.53. The molecule has 6 heteroatoms. The number of amides is 1. The molecule has 0 saturated heterocycles. The number of nitrogens with one attached hydrogen (secondary N) is 1. The standard InChI is InChI=1S/C13H10N4OS/c18-12(16-13-14-6-7-19-13)10-8-15-17(9-10)11-4-2-1-3-5-11/h1-9H,(H,14,16,18). The van der Waals surface area contributed by atoms with Crippen LogP contribution in [0.1, 0.15) is 10.4 Å². The second kappa shape index (κ2) is 5.03. The number of nitrogens with zero attached hydrogens (tertiary/aromatic N) is 3. The van der Waals surface area contributed by atoms with Crippen molar-refractivity contribution >= 4 is 22.4 Å². The lowest BCUT2D eigenvalue weighted by Gasteiger charge is -1.99. The molecule has 0 aliphatic rings. The van der Waals surface area contributed by atoms with E-state index in [0.29, 0.717) is 10.7 Å². The SMILES string of the molecule is O=C(Nc1nccs1)c1cnn(-c2ccccc2)c1. The van der Waals surface area contributed by atoms with E-state index in [1.165, 1.54) is 17.5 Å². The lowest BCUT2D eigenvalue weighted by Crippen LogP contribution is -2.10. The minimum atomic E-state index is -0.211. The van der Waals surface area contributed by atoms with Gasteiger partial charge in [0.05, 0.1) is 17.4 Å². The molecule has 5 nitrogen and oxygen atoms in total. The number of carbonyl (C=O) groups is 1. The lowest BCUT2D eigenvalue weighted by molar-refractivity contribution is 0.102. The predicted molar refractivity (Wildman–Crippen MR) is 73.6 cm³/mol. The number of aromatic nitrogens is 3. The highest BCUT2D eigenvalue weighted by Gasteiger charge is 2.10. The summed E-state index contributed by atoms with van der Waals surface area (Å²) in [4.78, 5) is 16.0. The van der Waals surface area contributed by atoms with E-state index in [0.717, 1.165) is 5.69 Å². The second-order valence-electron chi connectivity index (χ2n) is 3.80. The zero-order valence-electron chi connectivity index (χ0n) is 9.85. The molecular formula is C13H10N4OS. The Bertz CT molecular complexity index is 676. The molecule has 0 bridgehead atoms. The van der Waals surface area contributed by atoms with Crippen molar-refractivity contribution in [1.29, 1.82) is 0 Å². The smallest absolute Gasteiger partial charge is 0.260 e. The van der Waals surface area contributed by atoms with Crippen LogP contribution >= 0.6 is 11.3 Å². The summed E-state index contributed by atoms with van der Waals surface area (Å²) in [5.41, 5.74) is 1.41. The van der Waals surface area contributed by atoms with Crippen LogP contribution in [0.5, 0.6) is 0 Å². The number of thiazole rings is 1. The van der Waals surface area contributed by atoms with E-state index in [-0.39, 0.29) is 5.91 Å². The largest absolute Gasteiger partial charge is 0.298 e. The van der Waals surface area contributed by atoms with E-state index in [1.807, 2.05) is 35.7 Å². The van der Waals surface area contributed by atoms with Gasteiger partial charge in [-0.3, -0.25) is 10.1 Å². The van der Waals surface area contributed by atoms with Gasteiger partial charge in [-0.2, -0.15) is 5.10 Å². The Kier molecular flexibility index (Phi) is 3.07. The van der Waals surface area contributed by atoms with Gasteiger partial charge in [0.2, 0.25) is 0 Å². The summed E-state index contributed by atoms with van der Waals surface area (Å²) in [6, 6.07) is 9.63. The fraction of sp³-hybridized carbons (Fsp3) is 0. The van der Waals surface area contributed by atoms with Crippen molar-refractivity contribution in [3.8, 4) is 5.69 Å². The van der Waals surface area contributed by atoms with Crippen molar-refractivity contribution in [1.82, 2.24) is 14.8 Å². The van der Waals surface area contributed by atoms with Crippen LogP contribution in [0.4, 0.5) is 5.13 Å². The maximum Gasteiger partial charge on any atom is 0.260 e. The van der Waals surface area contributed by atoms with Gasteiger partial charge >= 0.3 is 0 Å². The van der Waals surface area contributed by atoms with Crippen molar-refractivity contribution in [2.24, 2.45) is 0 Å². The molecule has 1 N–H and O–H groups in total. The number of para-hydroxylation sites is 1. The Balaban J connectivity index is 1.80. The van der Waals surface area contributed by atoms with Gasteiger partial charge < -0.3 is 0 Å². The van der Waals surface area contributed by atoms with Gasteiger partial charge in [0.25, 0.3) is 5.91 Å². The highest BCUT2D eigenvalue weighted by molar-refractivity contribution is 7.13. The Hall–Kier alpha value is -2.47. The van der Waals surface area contributed by atoms with Crippen LogP contribution < -0.4 is 5.32 Å². The Morgan fingerprint density at radius 3 is 2.84 bits per heavy atom. The third-order valence-corrected chi connectivity index (χ3v) is 3.21. The molecule has 0 aliphatic carbocycles. The van der Waals surface area contributed by atoms with Crippen LogP contribution in [-0.4, -0.2) is 20.7 Å². The number of hydrogen-bond donors (Lipinski definition) is 1. The lowest BCUT2D eigenvalue weighted by atomic mass is 10.3. The van der Waals surface area contributed by atoms with E-state index in [1.54, 1.807) is 17.1 Å². The topological polar surface area (TPSA) is 59.8 Å². The molecule has 3 aromatic rings. The Morgan fingerprint density at radius 2 is 2.11 bits per heavy atom. The normalized spacial score (nSPS) is 10.3. The summed E-state index contributed by atoms with van der Waals surface area (Å²) in [7, 11) is 0. The van der Waals surface area contributed by atoms with Gasteiger partial charge in [0.15, 0.2) is 5.13 Å². The summed E-state index contributed by atoms with van der Waals surface area (Å²) >= 11 is 1.38. The molecule has 0 unspecified atom stereocenters. The summed E-state index contributed by atoms with van der Waals surface area (Å²) in [5, 5.41) is 9.28. The van der Waals surface area contributed by atoms with Crippen LogP contribution in [0.2, 0.25) is 0 Å². The zero-order valence-corrected chi connectivity index (χ0v) is 10.7. The van der Waals surface area contributed by atoms with E-state index in [2.05, 4.69) is 15.4 Å². The average molecular weight is 270 g/mol. The zero-order chi connectivity index (χ0) is 13.1. The number of carbonyl (C=O) groups excluding carboxylic acids is 1. The summed E-state index contributed by atoms with van der Waals surface area (Å²) in [6.45, 7) is 0. The number of hydrogen-bond acceptors (Lipinski definition) is 4. The highest BCUT2D eigenvalue weighted by Crippen LogP contribution is 2.13. The van der Waals surface area contributed by atoms with Gasteiger partial charge in [0, 0.05) is 17.8 Å². The van der Waals surface area contributed by atoms with Crippen LogP contribution in [0.15, 0.2) is 54.3 Å². The van der Waals surface area contributed by atoms with Crippen molar-refractivity contribution < 1.29 is 4.79 Å². The summed E-state index contributed by atoms with van der Waals surface area (Å²) in [5.74, 6) is -0.211. The van der Waals surface area contributed by atoms with E-state index >= 15 is 0 Å². The van der Waals surface area contributed by atoms with Crippen LogP contribution in [0.3, 0.4) is 0 Å². The molecule has 0 spiro atoms. The van der Waals surface area contributed by atoms with Gasteiger partial charge in [-0.1, -0.05) is 18.2 Å². The summed E-state index contributed by atoms with van der Waals surface area (Å²) < 4.78 is 1.66. The second-order valence-corrected chi connectivity index (χ2v) is 4.70. The highest BCUT2D eigenvalue weighted by atomic mass is 32.1. The Morgan fingerprint density at radius 1 is 1.26 bits per heavy atom. The first kappa shape index (κ1) is 11.6. The summed E-state index contributed by atoms with van der Waals surface area (Å²) in [6.07, 6.45) is 4.88. The van der Waals surface area contributed by atoms with Crippen molar-refractivity contribution in [2.75, 3.05) is 5.32 Å². The first-order valence-electron chi connectivity index (χ1n) is 5.64. The van der Waals surface area contributed by atoms with E-state index in [4.69, 9.17) is 0 Å². The predicted octanol–water partition coefficient (Wildman–Crippen LogP) is 2.58. The van der Waals surface area contributed by atoms with Crippen LogP contribution in [0.25, 0.3) is 5.69 Å². The maximum absolute atomic E-state index is 12.0. The minimum absolute atomic E-state index is 0.211. The fourth-order valence-electron chi connectivity index (χ4n) is 1.62. The molecular weight excluding hydrogens is 260 g/mol. The van der Waals surface area contributed by atoms with E-state index in [9.17, 15) is 4.79 Å². The molecule has 0 radical (unpaired) electrons. The molecule has 1 aromatic carbocycles. The first-order valence-corrected chi connectivity index (χ1v) is 6.52. The van der Waals surface area contributed by atoms with Gasteiger partial charge in [-0.05, 0) is 12.1 Å². The molecule has 0 saturated carbocycles. The molecule has 1 amide bonds. The quantitative estimate of drug-likeness (QED) is 0.795. The molecule has 3 rings (SSSR count). The molecule has 2 heterocycles. The van der Waals surface area contributed by atoms with Gasteiger partial charge in [-0.15, -0.1) is 11.3 Å². The molecule has 0 fully saturated rings. The van der Waals surface area contributed by atoms with Gasteiger partial charge in [0.1, 0.15) is 0 Å². The van der Waals surface area contributed by atoms with Crippen molar-refractivity contribution in [3.05, 3.63) is 59.9 Å². The Labute approximate surface area is 113 Å². The van der Waals surface area contributed by atoms with Crippen molar-refractivity contribution in [2.45, 2.75) is 0 Å². The molecule has 0 atom stereocenters. The van der Waals surface area contributed by atoms with Gasteiger partial charge in [-0.25, -0.2) is 9.67 Å². The molecule has 94 valence electrons. The molecule has 19 heavy (non-hydrogen) atoms. The number of benzene rings is 1.